The standard InChI is InChI=1S/C25H30O2/c1-8-18-9-10-23(27-16-26-7)20(14-18)19-15-22-21(13-17(19)2)24(3,4)11-12-25(22,5)6/h1,9-10,13-15H,11-12,16H2,2-7H3. The normalized spacial score (nSPS) is 17.1. The van der Waals surface area contributed by atoms with Crippen LogP contribution in [0.3, 0.4) is 0 Å². The van der Waals surface area contributed by atoms with E-state index in [2.05, 4.69) is 52.7 Å². The summed E-state index contributed by atoms with van der Waals surface area (Å²) in [5.41, 5.74) is 7.57. The van der Waals surface area contributed by atoms with Crippen LogP contribution in [0, 0.1) is 19.3 Å². The number of ether oxygens (including phenoxy) is 2. The van der Waals surface area contributed by atoms with E-state index in [0.29, 0.717) is 0 Å². The highest BCUT2D eigenvalue weighted by Crippen LogP contribution is 2.48. The summed E-state index contributed by atoms with van der Waals surface area (Å²) >= 11 is 0. The summed E-state index contributed by atoms with van der Waals surface area (Å²) in [6.45, 7) is 11.8. The van der Waals surface area contributed by atoms with Crippen LogP contribution in [0.25, 0.3) is 11.1 Å². The Bertz CT molecular complexity index is 897. The zero-order chi connectivity index (χ0) is 19.8. The third-order valence-electron chi connectivity index (χ3n) is 5.97. The number of fused-ring (bicyclic) bond motifs is 1. The summed E-state index contributed by atoms with van der Waals surface area (Å²) in [6.07, 6.45) is 8.06. The summed E-state index contributed by atoms with van der Waals surface area (Å²) in [4.78, 5) is 0. The first-order chi connectivity index (χ1) is 12.7. The van der Waals surface area contributed by atoms with Crippen molar-refractivity contribution in [3.05, 3.63) is 52.6 Å². The molecule has 142 valence electrons. The Balaban J connectivity index is 2.23. The molecule has 0 atom stereocenters. The van der Waals surface area contributed by atoms with Gasteiger partial charge < -0.3 is 9.47 Å². The first-order valence-corrected chi connectivity index (χ1v) is 9.58. The van der Waals surface area contributed by atoms with Crippen LogP contribution in [0.5, 0.6) is 5.75 Å². The summed E-state index contributed by atoms with van der Waals surface area (Å²) in [7, 11) is 1.63. The number of hydrogen-bond donors (Lipinski definition) is 0. The summed E-state index contributed by atoms with van der Waals surface area (Å²) in [5, 5.41) is 0. The minimum atomic E-state index is 0.157. The van der Waals surface area contributed by atoms with Gasteiger partial charge >= 0.3 is 0 Å². The average molecular weight is 363 g/mol. The van der Waals surface area contributed by atoms with Crippen LogP contribution in [-0.4, -0.2) is 13.9 Å². The third kappa shape index (κ3) is 3.62. The molecule has 0 aromatic heterocycles. The van der Waals surface area contributed by atoms with Crippen LogP contribution in [0.15, 0.2) is 30.3 Å². The van der Waals surface area contributed by atoms with Gasteiger partial charge in [-0.05, 0) is 77.1 Å². The van der Waals surface area contributed by atoms with Crippen molar-refractivity contribution in [2.45, 2.75) is 58.3 Å². The molecule has 1 aliphatic rings. The van der Waals surface area contributed by atoms with E-state index in [4.69, 9.17) is 15.9 Å². The number of terminal acetylenes is 1. The van der Waals surface area contributed by atoms with Crippen molar-refractivity contribution in [1.82, 2.24) is 0 Å². The van der Waals surface area contributed by atoms with Crippen molar-refractivity contribution in [2.75, 3.05) is 13.9 Å². The fourth-order valence-electron chi connectivity index (χ4n) is 4.09. The molecule has 2 nitrogen and oxygen atoms in total. The lowest BCUT2D eigenvalue weighted by atomic mass is 9.62. The van der Waals surface area contributed by atoms with Gasteiger partial charge in [-0.2, -0.15) is 0 Å². The second kappa shape index (κ2) is 7.06. The van der Waals surface area contributed by atoms with E-state index >= 15 is 0 Å². The molecule has 1 aliphatic carbocycles. The highest BCUT2D eigenvalue weighted by Gasteiger charge is 2.37. The van der Waals surface area contributed by atoms with Gasteiger partial charge in [0.2, 0.25) is 0 Å². The summed E-state index contributed by atoms with van der Waals surface area (Å²) < 4.78 is 11.0. The number of hydrogen-bond acceptors (Lipinski definition) is 2. The SMILES string of the molecule is C#Cc1ccc(OCOC)c(-c2cc3c(cc2C)C(C)(C)CCC3(C)C)c1. The summed E-state index contributed by atoms with van der Waals surface area (Å²) in [6, 6.07) is 10.6. The quantitative estimate of drug-likeness (QED) is 0.492. The molecule has 0 amide bonds. The largest absolute Gasteiger partial charge is 0.467 e. The second-order valence-electron chi connectivity index (χ2n) is 8.89. The van der Waals surface area contributed by atoms with Crippen LogP contribution < -0.4 is 4.74 Å². The Kier molecular flexibility index (Phi) is 5.10. The fourth-order valence-corrected chi connectivity index (χ4v) is 4.09. The lowest BCUT2D eigenvalue weighted by Gasteiger charge is -2.42. The number of aryl methyl sites for hydroxylation is 1. The molecule has 0 N–H and O–H groups in total. The highest BCUT2D eigenvalue weighted by molar-refractivity contribution is 5.76. The molecule has 0 aliphatic heterocycles. The minimum Gasteiger partial charge on any atom is -0.467 e. The van der Waals surface area contributed by atoms with Crippen molar-refractivity contribution in [1.29, 1.82) is 0 Å². The number of methoxy groups -OCH3 is 1. The first kappa shape index (κ1) is 19.5. The zero-order valence-electron chi connectivity index (χ0n) is 17.4. The van der Waals surface area contributed by atoms with Crippen molar-refractivity contribution in [3.63, 3.8) is 0 Å². The zero-order valence-corrected chi connectivity index (χ0v) is 17.4. The third-order valence-corrected chi connectivity index (χ3v) is 5.97. The Morgan fingerprint density at radius 1 is 0.963 bits per heavy atom. The number of rotatable bonds is 4. The molecule has 27 heavy (non-hydrogen) atoms. The van der Waals surface area contributed by atoms with Gasteiger partial charge in [-0.25, -0.2) is 0 Å². The maximum absolute atomic E-state index is 5.84. The molecule has 0 saturated heterocycles. The molecule has 0 heterocycles. The molecule has 0 spiro atoms. The van der Waals surface area contributed by atoms with Crippen molar-refractivity contribution >= 4 is 0 Å². The van der Waals surface area contributed by atoms with Gasteiger partial charge in [0.15, 0.2) is 6.79 Å². The van der Waals surface area contributed by atoms with E-state index in [-0.39, 0.29) is 17.6 Å². The van der Waals surface area contributed by atoms with Gasteiger partial charge in [0.25, 0.3) is 0 Å². The van der Waals surface area contributed by atoms with E-state index in [1.807, 2.05) is 18.2 Å². The maximum atomic E-state index is 5.84. The van der Waals surface area contributed by atoms with Gasteiger partial charge in [0, 0.05) is 18.2 Å². The van der Waals surface area contributed by atoms with E-state index < -0.39 is 0 Å². The summed E-state index contributed by atoms with van der Waals surface area (Å²) in [5.74, 6) is 3.54. The molecule has 0 radical (unpaired) electrons. The molecular formula is C25H30O2. The molecular weight excluding hydrogens is 332 g/mol. The molecule has 3 rings (SSSR count). The molecule has 0 unspecified atom stereocenters. The fraction of sp³-hybridized carbons (Fsp3) is 0.440. The van der Waals surface area contributed by atoms with Crippen molar-refractivity contribution in [2.24, 2.45) is 0 Å². The Morgan fingerprint density at radius 2 is 1.59 bits per heavy atom. The molecule has 0 saturated carbocycles. The van der Waals surface area contributed by atoms with Crippen LogP contribution in [0.1, 0.15) is 62.8 Å². The topological polar surface area (TPSA) is 18.5 Å². The van der Waals surface area contributed by atoms with Gasteiger partial charge in [-0.15, -0.1) is 6.42 Å². The van der Waals surface area contributed by atoms with Crippen LogP contribution in [0.4, 0.5) is 0 Å². The molecule has 2 aromatic carbocycles. The van der Waals surface area contributed by atoms with Gasteiger partial charge in [0.1, 0.15) is 5.75 Å². The van der Waals surface area contributed by atoms with Crippen molar-refractivity contribution in [3.8, 4) is 29.2 Å². The Morgan fingerprint density at radius 3 is 2.19 bits per heavy atom. The Hall–Kier alpha value is -2.24. The van der Waals surface area contributed by atoms with Crippen molar-refractivity contribution < 1.29 is 9.47 Å². The van der Waals surface area contributed by atoms with E-state index in [9.17, 15) is 0 Å². The minimum absolute atomic E-state index is 0.157. The lowest BCUT2D eigenvalue weighted by molar-refractivity contribution is 0.0515. The average Bonchev–Trinajstić information content (AvgIpc) is 2.63. The van der Waals surface area contributed by atoms with Gasteiger partial charge in [-0.1, -0.05) is 39.7 Å². The monoisotopic (exact) mass is 362 g/mol. The van der Waals surface area contributed by atoms with Gasteiger partial charge in [-0.3, -0.25) is 0 Å². The molecule has 0 fully saturated rings. The van der Waals surface area contributed by atoms with Gasteiger partial charge in [0.05, 0.1) is 0 Å². The lowest BCUT2D eigenvalue weighted by Crippen LogP contribution is -2.34. The molecule has 2 aromatic rings. The predicted octanol–water partition coefficient (Wildman–Crippen LogP) is 5.98. The first-order valence-electron chi connectivity index (χ1n) is 9.58. The Labute approximate surface area is 163 Å². The smallest absolute Gasteiger partial charge is 0.188 e. The van der Waals surface area contributed by atoms with Crippen LogP contribution >= 0.6 is 0 Å². The molecule has 0 bridgehead atoms. The maximum Gasteiger partial charge on any atom is 0.188 e. The molecule has 2 heteroatoms. The second-order valence-corrected chi connectivity index (χ2v) is 8.89. The van der Waals surface area contributed by atoms with E-state index in [1.54, 1.807) is 7.11 Å². The van der Waals surface area contributed by atoms with Crippen LogP contribution in [-0.2, 0) is 15.6 Å². The highest BCUT2D eigenvalue weighted by atomic mass is 16.7. The predicted molar refractivity (Wildman–Crippen MR) is 112 cm³/mol. The van der Waals surface area contributed by atoms with E-state index in [0.717, 1.165) is 16.9 Å². The number of benzene rings is 2. The van der Waals surface area contributed by atoms with E-state index in [1.165, 1.54) is 35.1 Å². The van der Waals surface area contributed by atoms with Crippen LogP contribution in [0.2, 0.25) is 0 Å².